The van der Waals surface area contributed by atoms with E-state index in [2.05, 4.69) is 20.1 Å². The maximum absolute atomic E-state index is 5.87. The zero-order chi connectivity index (χ0) is 19.2. The molecule has 3 unspecified atom stereocenters. The minimum Gasteiger partial charge on any atom is -0.381 e. The molecule has 0 spiro atoms. The lowest BCUT2D eigenvalue weighted by Gasteiger charge is -2.42. The van der Waals surface area contributed by atoms with Crippen molar-refractivity contribution in [2.75, 3.05) is 66.2 Å². The Morgan fingerprint density at radius 1 is 1.07 bits per heavy atom. The van der Waals surface area contributed by atoms with Crippen LogP contribution in [0.1, 0.15) is 44.9 Å². The molecule has 2 aliphatic carbocycles. The van der Waals surface area contributed by atoms with Gasteiger partial charge in [0.05, 0.1) is 0 Å². The summed E-state index contributed by atoms with van der Waals surface area (Å²) in [7, 11) is 1.91. The van der Waals surface area contributed by atoms with Crippen molar-refractivity contribution in [3.05, 3.63) is 0 Å². The third-order valence-electron chi connectivity index (χ3n) is 7.44. The van der Waals surface area contributed by atoms with Gasteiger partial charge in [0.15, 0.2) is 5.96 Å². The first-order valence-electron chi connectivity index (χ1n) is 11.7. The van der Waals surface area contributed by atoms with Crippen LogP contribution < -0.4 is 5.32 Å². The van der Waals surface area contributed by atoms with E-state index in [0.717, 1.165) is 89.2 Å². The van der Waals surface area contributed by atoms with Crippen molar-refractivity contribution >= 4 is 29.9 Å². The summed E-state index contributed by atoms with van der Waals surface area (Å²) in [5, 5.41) is 3.55. The molecule has 4 fully saturated rings. The van der Waals surface area contributed by atoms with Gasteiger partial charge in [-0.3, -0.25) is 9.89 Å². The number of nitrogens with zero attached hydrogens (tertiary/aromatic N) is 3. The van der Waals surface area contributed by atoms with E-state index in [1.807, 2.05) is 7.05 Å². The van der Waals surface area contributed by atoms with Crippen LogP contribution in [0.5, 0.6) is 0 Å². The summed E-state index contributed by atoms with van der Waals surface area (Å²) in [6.45, 7) is 9.07. The van der Waals surface area contributed by atoms with Crippen molar-refractivity contribution < 1.29 is 9.47 Å². The second-order valence-electron chi connectivity index (χ2n) is 9.22. The van der Waals surface area contributed by atoms with Gasteiger partial charge < -0.3 is 19.7 Å². The van der Waals surface area contributed by atoms with E-state index in [1.165, 1.54) is 38.8 Å². The standard InChI is InChI=1S/C22H40N4O2.HI/c1-23-22(24-7-2-12-28-17-18-5-13-27-14-6-18)26-10-8-25(9-11-26)21-16-19-3-4-20(21)15-19;/h18-21H,2-17H2,1H3,(H,23,24);1H. The molecular formula is C22H41IN4O2. The van der Waals surface area contributed by atoms with Crippen LogP contribution in [-0.4, -0.2) is 88.0 Å². The van der Waals surface area contributed by atoms with E-state index >= 15 is 0 Å². The molecule has 29 heavy (non-hydrogen) atoms. The van der Waals surface area contributed by atoms with Gasteiger partial charge in [-0.05, 0) is 56.3 Å². The van der Waals surface area contributed by atoms with E-state index in [4.69, 9.17) is 9.47 Å². The molecule has 0 aromatic carbocycles. The fraction of sp³-hybridized carbons (Fsp3) is 0.955. The molecule has 4 rings (SSSR count). The molecule has 168 valence electrons. The number of fused-ring (bicyclic) bond motifs is 2. The Kier molecular flexibility index (Phi) is 9.78. The quantitative estimate of drug-likeness (QED) is 0.242. The van der Waals surface area contributed by atoms with Gasteiger partial charge in [0.2, 0.25) is 0 Å². The number of nitrogens with one attached hydrogen (secondary N) is 1. The molecule has 1 N–H and O–H groups in total. The van der Waals surface area contributed by atoms with Gasteiger partial charge in [-0.25, -0.2) is 0 Å². The highest BCUT2D eigenvalue weighted by Gasteiger charge is 2.42. The lowest BCUT2D eigenvalue weighted by molar-refractivity contribution is 0.0203. The number of piperazine rings is 1. The normalized spacial score (nSPS) is 31.1. The van der Waals surface area contributed by atoms with Crippen LogP contribution in [0.15, 0.2) is 4.99 Å². The van der Waals surface area contributed by atoms with Gasteiger partial charge in [0.1, 0.15) is 0 Å². The van der Waals surface area contributed by atoms with E-state index in [9.17, 15) is 0 Å². The smallest absolute Gasteiger partial charge is 0.193 e. The van der Waals surface area contributed by atoms with E-state index in [0.29, 0.717) is 5.92 Å². The number of aliphatic imine (C=N–C) groups is 1. The van der Waals surface area contributed by atoms with Crippen molar-refractivity contribution in [1.29, 1.82) is 0 Å². The zero-order valence-electron chi connectivity index (χ0n) is 18.2. The first-order valence-corrected chi connectivity index (χ1v) is 11.7. The molecule has 2 heterocycles. The highest BCUT2D eigenvalue weighted by Crippen LogP contribution is 2.46. The lowest BCUT2D eigenvalue weighted by atomic mass is 9.93. The molecule has 0 radical (unpaired) electrons. The molecule has 7 heteroatoms. The minimum atomic E-state index is 0. The predicted molar refractivity (Wildman–Crippen MR) is 128 cm³/mol. The topological polar surface area (TPSA) is 49.3 Å². The van der Waals surface area contributed by atoms with Gasteiger partial charge in [0.25, 0.3) is 0 Å². The van der Waals surface area contributed by atoms with Crippen LogP contribution in [-0.2, 0) is 9.47 Å². The van der Waals surface area contributed by atoms with Gasteiger partial charge in [0, 0.05) is 72.2 Å². The molecule has 2 bridgehead atoms. The fourth-order valence-electron chi connectivity index (χ4n) is 5.79. The van der Waals surface area contributed by atoms with Crippen molar-refractivity contribution in [2.24, 2.45) is 22.7 Å². The third kappa shape index (κ3) is 6.43. The Bertz CT molecular complexity index is 507. The van der Waals surface area contributed by atoms with Crippen molar-refractivity contribution in [3.8, 4) is 0 Å². The first-order chi connectivity index (χ1) is 13.8. The number of hydrogen-bond donors (Lipinski definition) is 1. The zero-order valence-corrected chi connectivity index (χ0v) is 20.5. The van der Waals surface area contributed by atoms with E-state index in [-0.39, 0.29) is 24.0 Å². The van der Waals surface area contributed by atoms with Gasteiger partial charge in [-0.2, -0.15) is 0 Å². The number of guanidine groups is 1. The largest absolute Gasteiger partial charge is 0.381 e. The molecule has 0 aromatic heterocycles. The summed E-state index contributed by atoms with van der Waals surface area (Å²) in [5.74, 6) is 3.80. The van der Waals surface area contributed by atoms with Gasteiger partial charge in [-0.15, -0.1) is 24.0 Å². The summed E-state index contributed by atoms with van der Waals surface area (Å²) >= 11 is 0. The van der Waals surface area contributed by atoms with E-state index in [1.54, 1.807) is 0 Å². The molecule has 2 saturated carbocycles. The Morgan fingerprint density at radius 2 is 1.86 bits per heavy atom. The number of rotatable bonds is 7. The van der Waals surface area contributed by atoms with Crippen LogP contribution >= 0.6 is 24.0 Å². The summed E-state index contributed by atoms with van der Waals surface area (Å²) in [6.07, 6.45) is 9.29. The second kappa shape index (κ2) is 12.1. The average molecular weight is 521 g/mol. The van der Waals surface area contributed by atoms with E-state index < -0.39 is 0 Å². The Balaban J connectivity index is 0.00000240. The summed E-state index contributed by atoms with van der Waals surface area (Å²) in [5.41, 5.74) is 0. The van der Waals surface area contributed by atoms with Crippen LogP contribution in [0.2, 0.25) is 0 Å². The SMILES string of the molecule is CN=C(NCCCOCC1CCOCC1)N1CCN(C2CC3CCC2C3)CC1.I. The third-order valence-corrected chi connectivity index (χ3v) is 7.44. The summed E-state index contributed by atoms with van der Waals surface area (Å²) in [6, 6.07) is 0.878. The molecule has 0 amide bonds. The molecule has 2 saturated heterocycles. The highest BCUT2D eigenvalue weighted by molar-refractivity contribution is 14.0. The maximum atomic E-state index is 5.87. The number of hydrogen-bond acceptors (Lipinski definition) is 4. The Hall–Kier alpha value is -0.120. The molecule has 2 aliphatic heterocycles. The summed E-state index contributed by atoms with van der Waals surface area (Å²) < 4.78 is 11.3. The van der Waals surface area contributed by atoms with Gasteiger partial charge >= 0.3 is 0 Å². The maximum Gasteiger partial charge on any atom is 0.193 e. The monoisotopic (exact) mass is 520 g/mol. The predicted octanol–water partition coefficient (Wildman–Crippen LogP) is 2.82. The van der Waals surface area contributed by atoms with Crippen LogP contribution in [0.25, 0.3) is 0 Å². The minimum absolute atomic E-state index is 0. The molecule has 4 aliphatic rings. The second-order valence-corrected chi connectivity index (χ2v) is 9.22. The molecule has 3 atom stereocenters. The highest BCUT2D eigenvalue weighted by atomic mass is 127. The van der Waals surface area contributed by atoms with Crippen molar-refractivity contribution in [3.63, 3.8) is 0 Å². The average Bonchev–Trinajstić information content (AvgIpc) is 3.38. The lowest BCUT2D eigenvalue weighted by Crippen LogP contribution is -2.55. The summed E-state index contributed by atoms with van der Waals surface area (Å²) in [4.78, 5) is 9.73. The Morgan fingerprint density at radius 3 is 2.52 bits per heavy atom. The number of ether oxygens (including phenoxy) is 2. The van der Waals surface area contributed by atoms with Crippen LogP contribution in [0.3, 0.4) is 0 Å². The fourth-order valence-corrected chi connectivity index (χ4v) is 5.79. The van der Waals surface area contributed by atoms with Gasteiger partial charge in [-0.1, -0.05) is 6.42 Å². The number of halogens is 1. The van der Waals surface area contributed by atoms with Crippen molar-refractivity contribution in [1.82, 2.24) is 15.1 Å². The van der Waals surface area contributed by atoms with Crippen LogP contribution in [0, 0.1) is 17.8 Å². The molecule has 6 nitrogen and oxygen atoms in total. The first kappa shape index (κ1) is 23.5. The van der Waals surface area contributed by atoms with Crippen LogP contribution in [0.4, 0.5) is 0 Å². The van der Waals surface area contributed by atoms with Crippen molar-refractivity contribution in [2.45, 2.75) is 51.0 Å². The molecular weight excluding hydrogens is 479 g/mol. The Labute approximate surface area is 194 Å². The molecule has 0 aromatic rings.